The van der Waals surface area contributed by atoms with Crippen LogP contribution >= 0.6 is 11.6 Å². The van der Waals surface area contributed by atoms with E-state index in [-0.39, 0.29) is 0 Å². The molecule has 17 heavy (non-hydrogen) atoms. The highest BCUT2D eigenvalue weighted by Gasteiger charge is 2.06. The van der Waals surface area contributed by atoms with Gasteiger partial charge in [0, 0.05) is 18.1 Å². The van der Waals surface area contributed by atoms with E-state index in [0.717, 1.165) is 16.7 Å². The van der Waals surface area contributed by atoms with Gasteiger partial charge in [-0.1, -0.05) is 11.6 Å². The lowest BCUT2D eigenvalue weighted by atomic mass is 10.3. The van der Waals surface area contributed by atoms with Crippen LogP contribution in [0.25, 0.3) is 11.0 Å². The zero-order valence-corrected chi connectivity index (χ0v) is 9.44. The first-order valence-electron chi connectivity index (χ1n) is 5.00. The molecule has 5 nitrogen and oxygen atoms in total. The number of halogens is 1. The third kappa shape index (κ3) is 1.92. The second-order valence-electron chi connectivity index (χ2n) is 3.46. The van der Waals surface area contributed by atoms with Gasteiger partial charge in [0.15, 0.2) is 5.82 Å². The normalized spacial score (nSPS) is 10.6. The molecule has 3 rings (SSSR count). The number of H-pyrrole nitrogens is 1. The standard InChI is InChI=1S/C11H8ClN5/c12-9-6-7(3-5-13-9)15-11-10-8(16-17-11)2-1-4-14-10/h1-6H,(H2,13,15,16,17). The van der Waals surface area contributed by atoms with Gasteiger partial charge in [-0.15, -0.1) is 0 Å². The fourth-order valence-electron chi connectivity index (χ4n) is 1.56. The SMILES string of the molecule is Clc1cc(Nc2n[nH]c3cccnc23)ccn1. The maximum absolute atomic E-state index is 5.81. The molecular formula is C11H8ClN5. The van der Waals surface area contributed by atoms with Gasteiger partial charge in [0.25, 0.3) is 0 Å². The van der Waals surface area contributed by atoms with Crippen molar-refractivity contribution in [2.24, 2.45) is 0 Å². The van der Waals surface area contributed by atoms with Crippen LogP contribution in [0.5, 0.6) is 0 Å². The van der Waals surface area contributed by atoms with Gasteiger partial charge >= 0.3 is 0 Å². The summed E-state index contributed by atoms with van der Waals surface area (Å²) in [4.78, 5) is 8.17. The summed E-state index contributed by atoms with van der Waals surface area (Å²) < 4.78 is 0. The molecule has 0 aliphatic carbocycles. The highest BCUT2D eigenvalue weighted by molar-refractivity contribution is 6.29. The molecule has 0 spiro atoms. The molecule has 3 aromatic heterocycles. The van der Waals surface area contributed by atoms with E-state index in [2.05, 4.69) is 25.5 Å². The summed E-state index contributed by atoms with van der Waals surface area (Å²) in [5.41, 5.74) is 2.50. The molecule has 0 aliphatic rings. The van der Waals surface area contributed by atoms with Gasteiger partial charge < -0.3 is 5.32 Å². The molecule has 0 amide bonds. The van der Waals surface area contributed by atoms with Crippen LogP contribution in [-0.4, -0.2) is 20.2 Å². The lowest BCUT2D eigenvalue weighted by Crippen LogP contribution is -1.92. The lowest BCUT2D eigenvalue weighted by molar-refractivity contribution is 1.12. The Morgan fingerprint density at radius 2 is 2.12 bits per heavy atom. The number of pyridine rings is 2. The number of nitrogens with zero attached hydrogens (tertiary/aromatic N) is 3. The van der Waals surface area contributed by atoms with Crippen molar-refractivity contribution in [3.63, 3.8) is 0 Å². The minimum absolute atomic E-state index is 0.433. The molecule has 3 aromatic rings. The topological polar surface area (TPSA) is 66.5 Å². The van der Waals surface area contributed by atoms with Gasteiger partial charge in [0.2, 0.25) is 0 Å². The van der Waals surface area contributed by atoms with Crippen molar-refractivity contribution in [3.05, 3.63) is 41.8 Å². The van der Waals surface area contributed by atoms with Crippen molar-refractivity contribution in [1.82, 2.24) is 20.2 Å². The van der Waals surface area contributed by atoms with E-state index in [1.54, 1.807) is 18.5 Å². The summed E-state index contributed by atoms with van der Waals surface area (Å²) >= 11 is 5.81. The van der Waals surface area contributed by atoms with E-state index < -0.39 is 0 Å². The smallest absolute Gasteiger partial charge is 0.178 e. The van der Waals surface area contributed by atoms with Crippen molar-refractivity contribution in [2.75, 3.05) is 5.32 Å². The van der Waals surface area contributed by atoms with Gasteiger partial charge in [-0.25, -0.2) is 4.98 Å². The number of hydrogen-bond donors (Lipinski definition) is 2. The number of aromatic amines is 1. The Bertz CT molecular complexity index is 664. The molecule has 0 radical (unpaired) electrons. The second-order valence-corrected chi connectivity index (χ2v) is 3.85. The van der Waals surface area contributed by atoms with Crippen LogP contribution in [0.15, 0.2) is 36.7 Å². The molecule has 0 atom stereocenters. The molecular weight excluding hydrogens is 238 g/mol. The van der Waals surface area contributed by atoms with Crippen LogP contribution in [-0.2, 0) is 0 Å². The Hall–Kier alpha value is -2.14. The first kappa shape index (κ1) is 10.0. The third-order valence-electron chi connectivity index (χ3n) is 2.31. The lowest BCUT2D eigenvalue weighted by Gasteiger charge is -2.02. The van der Waals surface area contributed by atoms with Crippen LogP contribution in [0.3, 0.4) is 0 Å². The molecule has 0 aromatic carbocycles. The minimum atomic E-state index is 0.433. The van der Waals surface area contributed by atoms with Gasteiger partial charge in [-0.3, -0.25) is 10.1 Å². The fraction of sp³-hybridized carbons (Fsp3) is 0. The first-order valence-corrected chi connectivity index (χ1v) is 5.38. The third-order valence-corrected chi connectivity index (χ3v) is 2.52. The van der Waals surface area contributed by atoms with E-state index in [0.29, 0.717) is 11.0 Å². The molecule has 84 valence electrons. The Balaban J connectivity index is 2.00. The number of nitrogens with one attached hydrogen (secondary N) is 2. The number of hydrogen-bond acceptors (Lipinski definition) is 4. The van der Waals surface area contributed by atoms with Crippen LogP contribution < -0.4 is 5.32 Å². The van der Waals surface area contributed by atoms with E-state index in [1.807, 2.05) is 18.2 Å². The predicted molar refractivity (Wildman–Crippen MR) is 66.4 cm³/mol. The van der Waals surface area contributed by atoms with Crippen molar-refractivity contribution in [1.29, 1.82) is 0 Å². The van der Waals surface area contributed by atoms with Crippen LogP contribution in [0.4, 0.5) is 11.5 Å². The molecule has 0 aliphatic heterocycles. The van der Waals surface area contributed by atoms with Gasteiger partial charge in [0.05, 0.1) is 5.52 Å². The molecule has 0 unspecified atom stereocenters. The van der Waals surface area contributed by atoms with Gasteiger partial charge in [0.1, 0.15) is 10.7 Å². The Morgan fingerprint density at radius 3 is 3.00 bits per heavy atom. The average Bonchev–Trinajstić information content (AvgIpc) is 2.73. The second kappa shape index (κ2) is 4.03. The number of anilines is 2. The van der Waals surface area contributed by atoms with Crippen LogP contribution in [0.1, 0.15) is 0 Å². The summed E-state index contributed by atoms with van der Waals surface area (Å²) in [6, 6.07) is 7.31. The molecule has 3 heterocycles. The molecule has 0 saturated heterocycles. The van der Waals surface area contributed by atoms with Crippen LogP contribution in [0.2, 0.25) is 5.15 Å². The Morgan fingerprint density at radius 1 is 1.18 bits per heavy atom. The maximum Gasteiger partial charge on any atom is 0.178 e. The number of rotatable bonds is 2. The fourth-order valence-corrected chi connectivity index (χ4v) is 1.73. The summed E-state index contributed by atoms with van der Waals surface area (Å²) in [6.07, 6.45) is 3.36. The maximum atomic E-state index is 5.81. The molecule has 2 N–H and O–H groups in total. The largest absolute Gasteiger partial charge is 0.337 e. The number of aromatic nitrogens is 4. The highest BCUT2D eigenvalue weighted by atomic mass is 35.5. The highest BCUT2D eigenvalue weighted by Crippen LogP contribution is 2.22. The minimum Gasteiger partial charge on any atom is -0.337 e. The molecule has 6 heteroatoms. The quantitative estimate of drug-likeness (QED) is 0.682. The van der Waals surface area contributed by atoms with E-state index >= 15 is 0 Å². The summed E-state index contributed by atoms with van der Waals surface area (Å²) in [5.74, 6) is 0.669. The predicted octanol–water partition coefficient (Wildman–Crippen LogP) is 2.75. The van der Waals surface area contributed by atoms with E-state index in [9.17, 15) is 0 Å². The Kier molecular flexibility index (Phi) is 2.38. The van der Waals surface area contributed by atoms with E-state index in [1.165, 1.54) is 0 Å². The van der Waals surface area contributed by atoms with Crippen molar-refractivity contribution in [2.45, 2.75) is 0 Å². The molecule has 0 bridgehead atoms. The zero-order chi connectivity index (χ0) is 11.7. The van der Waals surface area contributed by atoms with E-state index in [4.69, 9.17) is 11.6 Å². The summed E-state index contributed by atoms with van der Waals surface area (Å²) in [5, 5.41) is 10.6. The van der Waals surface area contributed by atoms with Crippen LogP contribution in [0, 0.1) is 0 Å². The van der Waals surface area contributed by atoms with Crippen molar-refractivity contribution >= 4 is 34.1 Å². The monoisotopic (exact) mass is 245 g/mol. The molecule has 0 saturated carbocycles. The number of fused-ring (bicyclic) bond motifs is 1. The van der Waals surface area contributed by atoms with Gasteiger partial charge in [-0.05, 0) is 24.3 Å². The summed E-state index contributed by atoms with van der Waals surface area (Å²) in [6.45, 7) is 0. The zero-order valence-electron chi connectivity index (χ0n) is 8.68. The first-order chi connectivity index (χ1) is 8.33. The summed E-state index contributed by atoms with van der Waals surface area (Å²) in [7, 11) is 0. The molecule has 0 fully saturated rings. The Labute approximate surface area is 102 Å². The van der Waals surface area contributed by atoms with Crippen molar-refractivity contribution in [3.8, 4) is 0 Å². The van der Waals surface area contributed by atoms with Crippen molar-refractivity contribution < 1.29 is 0 Å². The van der Waals surface area contributed by atoms with Gasteiger partial charge in [-0.2, -0.15) is 5.10 Å². The average molecular weight is 246 g/mol.